The van der Waals surface area contributed by atoms with Crippen LogP contribution < -0.4 is 10.2 Å². The molecule has 0 aromatic heterocycles. The lowest BCUT2D eigenvalue weighted by atomic mass is 10.0. The van der Waals surface area contributed by atoms with Crippen molar-refractivity contribution in [3.63, 3.8) is 0 Å². The van der Waals surface area contributed by atoms with Gasteiger partial charge in [0.2, 0.25) is 5.91 Å². The van der Waals surface area contributed by atoms with E-state index < -0.39 is 0 Å². The highest BCUT2D eigenvalue weighted by Gasteiger charge is 2.31. The van der Waals surface area contributed by atoms with E-state index in [0.29, 0.717) is 5.91 Å². The molecule has 1 aromatic rings. The molecule has 1 amide bonds. The van der Waals surface area contributed by atoms with E-state index in [1.54, 1.807) is 0 Å². The van der Waals surface area contributed by atoms with Crippen molar-refractivity contribution in [2.45, 2.75) is 13.8 Å². The largest absolute Gasteiger partial charge is 0.368 e. The van der Waals surface area contributed by atoms with Crippen LogP contribution in [0.15, 0.2) is 18.2 Å². The zero-order valence-electron chi connectivity index (χ0n) is 12.8. The molecule has 1 N–H and O–H groups in total. The SMILES string of the molecule is Cc1cccc(N2CCN(C(=O)C3CNC3)CC2)c1C.Cl. The van der Waals surface area contributed by atoms with Crippen LogP contribution in [0.1, 0.15) is 11.1 Å². The number of aryl methyl sites for hydroxylation is 1. The van der Waals surface area contributed by atoms with Gasteiger partial charge in [-0.15, -0.1) is 12.4 Å². The molecule has 0 saturated carbocycles. The molecule has 0 spiro atoms. The predicted octanol–water partition coefficient (Wildman–Crippen LogP) is 1.59. The Kier molecular flexibility index (Phi) is 5.12. The molecule has 1 aromatic carbocycles. The average molecular weight is 310 g/mol. The summed E-state index contributed by atoms with van der Waals surface area (Å²) < 4.78 is 0. The zero-order valence-corrected chi connectivity index (χ0v) is 13.6. The van der Waals surface area contributed by atoms with Crippen molar-refractivity contribution < 1.29 is 4.79 Å². The Bertz CT molecular complexity index is 508. The fourth-order valence-electron chi connectivity index (χ4n) is 2.97. The Morgan fingerprint density at radius 1 is 1.14 bits per heavy atom. The Morgan fingerprint density at radius 3 is 2.38 bits per heavy atom. The van der Waals surface area contributed by atoms with Crippen molar-refractivity contribution in [3.8, 4) is 0 Å². The number of nitrogens with one attached hydrogen (secondary N) is 1. The number of carbonyl (C=O) groups is 1. The van der Waals surface area contributed by atoms with Crippen LogP contribution in [0.2, 0.25) is 0 Å². The van der Waals surface area contributed by atoms with Crippen LogP contribution >= 0.6 is 12.4 Å². The van der Waals surface area contributed by atoms with Crippen LogP contribution in [0.5, 0.6) is 0 Å². The number of rotatable bonds is 2. The molecule has 2 fully saturated rings. The quantitative estimate of drug-likeness (QED) is 0.901. The number of anilines is 1. The molecule has 2 aliphatic rings. The first-order valence-corrected chi connectivity index (χ1v) is 7.47. The third-order valence-electron chi connectivity index (χ3n) is 4.64. The highest BCUT2D eigenvalue weighted by Crippen LogP contribution is 2.24. The summed E-state index contributed by atoms with van der Waals surface area (Å²) in [5, 5.41) is 3.17. The van der Waals surface area contributed by atoms with Gasteiger partial charge < -0.3 is 15.1 Å². The standard InChI is InChI=1S/C16H23N3O.ClH/c1-12-4-3-5-15(13(12)2)18-6-8-19(9-7-18)16(20)14-10-17-11-14;/h3-5,14,17H,6-11H2,1-2H3;1H. The van der Waals surface area contributed by atoms with Gasteiger partial charge in [-0.25, -0.2) is 0 Å². The maximum absolute atomic E-state index is 12.2. The first-order chi connectivity index (χ1) is 9.66. The average Bonchev–Trinajstić information content (AvgIpc) is 2.40. The minimum Gasteiger partial charge on any atom is -0.368 e. The van der Waals surface area contributed by atoms with E-state index >= 15 is 0 Å². The maximum atomic E-state index is 12.2. The lowest BCUT2D eigenvalue weighted by Crippen LogP contribution is -2.56. The fourth-order valence-corrected chi connectivity index (χ4v) is 2.97. The fraction of sp³-hybridized carbons (Fsp3) is 0.562. The lowest BCUT2D eigenvalue weighted by molar-refractivity contribution is -0.137. The van der Waals surface area contributed by atoms with E-state index in [9.17, 15) is 4.79 Å². The Balaban J connectivity index is 0.00000161. The van der Waals surface area contributed by atoms with Crippen molar-refractivity contribution >= 4 is 24.0 Å². The van der Waals surface area contributed by atoms with Crippen molar-refractivity contribution in [2.24, 2.45) is 5.92 Å². The zero-order chi connectivity index (χ0) is 14.1. The Morgan fingerprint density at radius 2 is 1.81 bits per heavy atom. The van der Waals surface area contributed by atoms with Crippen molar-refractivity contribution in [1.29, 1.82) is 0 Å². The molecule has 0 radical (unpaired) electrons. The van der Waals surface area contributed by atoms with E-state index in [0.717, 1.165) is 39.3 Å². The number of halogens is 1. The van der Waals surface area contributed by atoms with Gasteiger partial charge in [-0.3, -0.25) is 4.79 Å². The molecule has 21 heavy (non-hydrogen) atoms. The van der Waals surface area contributed by atoms with Gasteiger partial charge in [-0.2, -0.15) is 0 Å². The Labute approximate surface area is 132 Å². The minimum absolute atomic E-state index is 0. The summed E-state index contributed by atoms with van der Waals surface area (Å²) in [6.07, 6.45) is 0. The van der Waals surface area contributed by atoms with E-state index in [-0.39, 0.29) is 18.3 Å². The second kappa shape index (κ2) is 6.67. The van der Waals surface area contributed by atoms with Crippen LogP contribution in [-0.4, -0.2) is 50.1 Å². The van der Waals surface area contributed by atoms with Gasteiger partial charge in [0.1, 0.15) is 0 Å². The van der Waals surface area contributed by atoms with Crippen LogP contribution in [0.3, 0.4) is 0 Å². The minimum atomic E-state index is 0. The van der Waals surface area contributed by atoms with Crippen LogP contribution in [-0.2, 0) is 4.79 Å². The smallest absolute Gasteiger partial charge is 0.228 e. The van der Waals surface area contributed by atoms with Gasteiger partial charge in [-0.1, -0.05) is 12.1 Å². The Hall–Kier alpha value is -1.26. The topological polar surface area (TPSA) is 35.6 Å². The molecule has 0 aliphatic carbocycles. The molecule has 3 rings (SSSR count). The first-order valence-electron chi connectivity index (χ1n) is 7.47. The highest BCUT2D eigenvalue weighted by atomic mass is 35.5. The summed E-state index contributed by atoms with van der Waals surface area (Å²) in [7, 11) is 0. The monoisotopic (exact) mass is 309 g/mol. The van der Waals surface area contributed by atoms with E-state index in [1.807, 2.05) is 4.90 Å². The van der Waals surface area contributed by atoms with Crippen LogP contribution in [0.25, 0.3) is 0 Å². The number of amides is 1. The van der Waals surface area contributed by atoms with Crippen molar-refractivity contribution in [1.82, 2.24) is 10.2 Å². The molecule has 0 atom stereocenters. The summed E-state index contributed by atoms with van der Waals surface area (Å²) in [4.78, 5) is 16.7. The van der Waals surface area contributed by atoms with Gasteiger partial charge in [0.05, 0.1) is 5.92 Å². The molecule has 4 nitrogen and oxygen atoms in total. The van der Waals surface area contributed by atoms with E-state index in [2.05, 4.69) is 42.3 Å². The second-order valence-corrected chi connectivity index (χ2v) is 5.89. The third kappa shape index (κ3) is 3.16. The maximum Gasteiger partial charge on any atom is 0.228 e. The van der Waals surface area contributed by atoms with Gasteiger partial charge in [0.25, 0.3) is 0 Å². The van der Waals surface area contributed by atoms with Gasteiger partial charge in [0.15, 0.2) is 0 Å². The number of hydrogen-bond donors (Lipinski definition) is 1. The summed E-state index contributed by atoms with van der Waals surface area (Å²) in [5.41, 5.74) is 4.01. The summed E-state index contributed by atoms with van der Waals surface area (Å²) in [5.74, 6) is 0.562. The van der Waals surface area contributed by atoms with E-state index in [4.69, 9.17) is 0 Å². The van der Waals surface area contributed by atoms with Crippen LogP contribution in [0, 0.1) is 19.8 Å². The molecular formula is C16H24ClN3O. The molecule has 2 saturated heterocycles. The number of hydrogen-bond acceptors (Lipinski definition) is 3. The van der Waals surface area contributed by atoms with Gasteiger partial charge >= 0.3 is 0 Å². The normalized spacial score (nSPS) is 19.0. The predicted molar refractivity (Wildman–Crippen MR) is 88.3 cm³/mol. The molecule has 5 heteroatoms. The highest BCUT2D eigenvalue weighted by molar-refractivity contribution is 5.85. The van der Waals surface area contributed by atoms with Crippen molar-refractivity contribution in [3.05, 3.63) is 29.3 Å². The second-order valence-electron chi connectivity index (χ2n) is 5.89. The number of benzene rings is 1. The molecule has 116 valence electrons. The number of carbonyl (C=O) groups excluding carboxylic acids is 1. The molecule has 0 bridgehead atoms. The molecule has 2 aliphatic heterocycles. The molecule has 0 unspecified atom stereocenters. The van der Waals surface area contributed by atoms with Gasteiger partial charge in [0, 0.05) is 45.0 Å². The summed E-state index contributed by atoms with van der Waals surface area (Å²) in [6, 6.07) is 6.47. The summed E-state index contributed by atoms with van der Waals surface area (Å²) in [6.45, 7) is 9.63. The number of nitrogens with zero attached hydrogens (tertiary/aromatic N) is 2. The van der Waals surface area contributed by atoms with Gasteiger partial charge in [-0.05, 0) is 31.0 Å². The first kappa shape index (κ1) is 16.1. The number of piperazine rings is 1. The third-order valence-corrected chi connectivity index (χ3v) is 4.64. The van der Waals surface area contributed by atoms with Crippen LogP contribution in [0.4, 0.5) is 5.69 Å². The van der Waals surface area contributed by atoms with E-state index in [1.165, 1.54) is 16.8 Å². The lowest BCUT2D eigenvalue weighted by Gasteiger charge is -2.40. The molecule has 2 heterocycles. The summed E-state index contributed by atoms with van der Waals surface area (Å²) >= 11 is 0. The molecular weight excluding hydrogens is 286 g/mol. The van der Waals surface area contributed by atoms with Crippen molar-refractivity contribution in [2.75, 3.05) is 44.2 Å².